The van der Waals surface area contributed by atoms with Crippen molar-refractivity contribution in [1.29, 1.82) is 0 Å². The van der Waals surface area contributed by atoms with Crippen molar-refractivity contribution in [2.45, 2.75) is 39.7 Å². The highest BCUT2D eigenvalue weighted by Crippen LogP contribution is 2.32. The molecule has 3 nitrogen and oxygen atoms in total. The molecule has 1 heterocycles. The van der Waals surface area contributed by atoms with Crippen LogP contribution in [0.4, 0.5) is 5.69 Å². The summed E-state index contributed by atoms with van der Waals surface area (Å²) in [6.07, 6.45) is 6.38. The Kier molecular flexibility index (Phi) is 7.48. The fraction of sp³-hybridized carbons (Fsp3) is 0.381. The van der Waals surface area contributed by atoms with Crippen LogP contribution in [0.2, 0.25) is 5.02 Å². The van der Waals surface area contributed by atoms with E-state index in [0.29, 0.717) is 5.02 Å². The van der Waals surface area contributed by atoms with Crippen LogP contribution in [0.3, 0.4) is 0 Å². The summed E-state index contributed by atoms with van der Waals surface area (Å²) < 4.78 is 0. The zero-order valence-electron chi connectivity index (χ0n) is 15.3. The minimum absolute atomic E-state index is 0.118. The second kappa shape index (κ2) is 9.59. The van der Waals surface area contributed by atoms with Crippen LogP contribution in [0.1, 0.15) is 50.8 Å². The van der Waals surface area contributed by atoms with Gasteiger partial charge in [0.05, 0.1) is 16.8 Å². The molecule has 0 spiro atoms. The van der Waals surface area contributed by atoms with E-state index in [0.717, 1.165) is 29.4 Å². The van der Waals surface area contributed by atoms with Gasteiger partial charge in [0.2, 0.25) is 0 Å². The number of hydrogen-bond acceptors (Lipinski definition) is 3. The predicted octanol–water partition coefficient (Wildman–Crippen LogP) is 5.80. The molecule has 1 unspecified atom stereocenters. The Morgan fingerprint density at radius 3 is 2.64 bits per heavy atom. The summed E-state index contributed by atoms with van der Waals surface area (Å²) in [5, 5.41) is 7.61. The number of nitrogens with one attached hydrogen (secondary N) is 2. The van der Waals surface area contributed by atoms with E-state index in [1.165, 1.54) is 18.4 Å². The number of hydrogen-bond donors (Lipinski definition) is 2. The first-order valence-electron chi connectivity index (χ1n) is 8.99. The molecule has 1 saturated carbocycles. The Morgan fingerprint density at radius 1 is 1.28 bits per heavy atom. The fourth-order valence-electron chi connectivity index (χ4n) is 2.63. The van der Waals surface area contributed by atoms with Crippen molar-refractivity contribution in [2.75, 3.05) is 11.9 Å². The quantitative estimate of drug-likeness (QED) is 0.657. The molecule has 0 bridgehead atoms. The summed E-state index contributed by atoms with van der Waals surface area (Å²) in [7, 11) is 0. The number of nitrogens with zero attached hydrogens (tertiary/aromatic N) is 1. The summed E-state index contributed by atoms with van der Waals surface area (Å²) in [6.45, 7) is 10.9. The third-order valence-corrected chi connectivity index (χ3v) is 4.33. The van der Waals surface area contributed by atoms with Gasteiger partial charge in [-0.15, -0.1) is 0 Å². The Hall–Kier alpha value is -1.84. The number of allylic oxidation sites excluding steroid dienone is 1. The van der Waals surface area contributed by atoms with E-state index in [4.69, 9.17) is 11.6 Å². The molecule has 0 aliphatic heterocycles. The number of anilines is 1. The summed E-state index contributed by atoms with van der Waals surface area (Å²) in [5.41, 5.74) is 4.09. The lowest BCUT2D eigenvalue weighted by molar-refractivity contribution is 0.572. The van der Waals surface area contributed by atoms with Gasteiger partial charge in [0, 0.05) is 18.1 Å². The highest BCUT2D eigenvalue weighted by atomic mass is 35.5. The van der Waals surface area contributed by atoms with Crippen LogP contribution in [0.5, 0.6) is 0 Å². The average molecular weight is 358 g/mol. The van der Waals surface area contributed by atoms with Gasteiger partial charge in [-0.1, -0.05) is 44.2 Å². The van der Waals surface area contributed by atoms with Gasteiger partial charge in [-0.05, 0) is 61.6 Å². The summed E-state index contributed by atoms with van der Waals surface area (Å²) in [5.74, 6) is 0.814. The maximum atomic E-state index is 6.29. The Balaban J connectivity index is 0.00000109. The lowest BCUT2D eigenvalue weighted by Gasteiger charge is -2.21. The minimum Gasteiger partial charge on any atom is -0.359 e. The summed E-state index contributed by atoms with van der Waals surface area (Å²) in [4.78, 5) is 4.27. The highest BCUT2D eigenvalue weighted by molar-refractivity contribution is 6.33. The average Bonchev–Trinajstić information content (AvgIpc) is 3.44. The standard InChI is InChI=1S/C19H22ClN3.C2H6/c1-13(2)23-18-10-15(7-8-17(18)20)19(22-11-14-5-6-14)16-4-3-9-21-12-16;1-2/h3-4,7-10,12,14,19,22-23H,1,5-6,11H2,2H3;1-2H3. The molecular weight excluding hydrogens is 330 g/mol. The van der Waals surface area contributed by atoms with E-state index in [9.17, 15) is 0 Å². The van der Waals surface area contributed by atoms with E-state index in [1.807, 2.05) is 39.1 Å². The zero-order valence-corrected chi connectivity index (χ0v) is 16.1. The monoisotopic (exact) mass is 357 g/mol. The van der Waals surface area contributed by atoms with E-state index < -0.39 is 0 Å². The normalized spacial score (nSPS) is 14.2. The maximum Gasteiger partial charge on any atom is 0.0641 e. The molecule has 1 fully saturated rings. The van der Waals surface area contributed by atoms with Crippen molar-refractivity contribution in [1.82, 2.24) is 10.3 Å². The fourth-order valence-corrected chi connectivity index (χ4v) is 2.79. The van der Waals surface area contributed by atoms with Crippen molar-refractivity contribution in [3.8, 4) is 0 Å². The molecule has 0 amide bonds. The smallest absolute Gasteiger partial charge is 0.0641 e. The van der Waals surface area contributed by atoms with Crippen LogP contribution in [0.15, 0.2) is 55.0 Å². The van der Waals surface area contributed by atoms with Crippen molar-refractivity contribution in [2.24, 2.45) is 5.92 Å². The number of pyridine rings is 1. The zero-order chi connectivity index (χ0) is 18.2. The molecule has 134 valence electrons. The number of aromatic nitrogens is 1. The lowest BCUT2D eigenvalue weighted by atomic mass is 9.99. The molecule has 2 N–H and O–H groups in total. The van der Waals surface area contributed by atoms with E-state index >= 15 is 0 Å². The minimum atomic E-state index is 0.118. The molecule has 3 rings (SSSR count). The number of benzene rings is 1. The molecule has 1 aliphatic rings. The van der Waals surface area contributed by atoms with Crippen LogP contribution in [-0.4, -0.2) is 11.5 Å². The van der Waals surface area contributed by atoms with Crippen LogP contribution < -0.4 is 10.6 Å². The third kappa shape index (κ3) is 5.87. The largest absolute Gasteiger partial charge is 0.359 e. The van der Waals surface area contributed by atoms with E-state index in [2.05, 4.69) is 40.4 Å². The summed E-state index contributed by atoms with van der Waals surface area (Å²) >= 11 is 6.29. The van der Waals surface area contributed by atoms with Gasteiger partial charge in [-0.25, -0.2) is 0 Å². The van der Waals surface area contributed by atoms with Crippen LogP contribution in [-0.2, 0) is 0 Å². The van der Waals surface area contributed by atoms with Crippen molar-refractivity contribution in [3.63, 3.8) is 0 Å². The number of rotatable bonds is 7. The molecule has 4 heteroatoms. The Bertz CT molecular complexity index is 681. The maximum absolute atomic E-state index is 6.29. The second-order valence-corrected chi connectivity index (χ2v) is 6.62. The van der Waals surface area contributed by atoms with E-state index in [1.54, 1.807) is 6.20 Å². The van der Waals surface area contributed by atoms with Crippen molar-refractivity contribution in [3.05, 3.63) is 71.2 Å². The van der Waals surface area contributed by atoms with Gasteiger partial charge in [0.25, 0.3) is 0 Å². The molecular formula is C21H28ClN3. The third-order valence-electron chi connectivity index (χ3n) is 4.00. The molecule has 0 radical (unpaired) electrons. The molecule has 2 aromatic rings. The Morgan fingerprint density at radius 2 is 2.04 bits per heavy atom. The van der Waals surface area contributed by atoms with E-state index in [-0.39, 0.29) is 6.04 Å². The molecule has 1 aromatic carbocycles. The molecule has 1 aliphatic carbocycles. The topological polar surface area (TPSA) is 37.0 Å². The first-order valence-corrected chi connectivity index (χ1v) is 9.36. The summed E-state index contributed by atoms with van der Waals surface area (Å²) in [6, 6.07) is 10.3. The Labute approximate surface area is 156 Å². The molecule has 1 aromatic heterocycles. The first-order chi connectivity index (χ1) is 12.1. The van der Waals surface area contributed by atoms with Gasteiger partial charge in [0.15, 0.2) is 0 Å². The molecule has 0 saturated heterocycles. The van der Waals surface area contributed by atoms with Crippen LogP contribution in [0, 0.1) is 5.92 Å². The van der Waals surface area contributed by atoms with Gasteiger partial charge in [-0.3, -0.25) is 4.98 Å². The van der Waals surface area contributed by atoms with Crippen LogP contribution in [0.25, 0.3) is 0 Å². The van der Waals surface area contributed by atoms with Crippen LogP contribution >= 0.6 is 11.6 Å². The van der Waals surface area contributed by atoms with Gasteiger partial charge in [0.1, 0.15) is 0 Å². The highest BCUT2D eigenvalue weighted by Gasteiger charge is 2.23. The van der Waals surface area contributed by atoms with Gasteiger partial charge < -0.3 is 10.6 Å². The first kappa shape index (κ1) is 19.5. The molecule has 1 atom stereocenters. The van der Waals surface area contributed by atoms with Gasteiger partial charge in [-0.2, -0.15) is 0 Å². The molecule has 25 heavy (non-hydrogen) atoms. The van der Waals surface area contributed by atoms with Crippen molar-refractivity contribution >= 4 is 17.3 Å². The van der Waals surface area contributed by atoms with Gasteiger partial charge >= 0.3 is 0 Å². The predicted molar refractivity (Wildman–Crippen MR) is 108 cm³/mol. The SMILES string of the molecule is C=C(C)Nc1cc(C(NCC2CC2)c2cccnc2)ccc1Cl.CC. The van der Waals surface area contributed by atoms with Crippen molar-refractivity contribution < 1.29 is 0 Å². The number of halogens is 1. The lowest BCUT2D eigenvalue weighted by Crippen LogP contribution is -2.24. The second-order valence-electron chi connectivity index (χ2n) is 6.22.